The lowest BCUT2D eigenvalue weighted by Crippen LogP contribution is -2.12. The predicted molar refractivity (Wildman–Crippen MR) is 80.8 cm³/mol. The molecule has 4 nitrogen and oxygen atoms in total. The number of anilines is 2. The van der Waals surface area contributed by atoms with Crippen LogP contribution in [0, 0.1) is 0 Å². The lowest BCUT2D eigenvalue weighted by Gasteiger charge is -2.07. The summed E-state index contributed by atoms with van der Waals surface area (Å²) in [5.74, 6) is -0.307. The van der Waals surface area contributed by atoms with Crippen molar-refractivity contribution in [3.8, 4) is 0 Å². The molecule has 0 aliphatic rings. The van der Waals surface area contributed by atoms with Crippen molar-refractivity contribution in [1.82, 2.24) is 4.98 Å². The van der Waals surface area contributed by atoms with Crippen molar-refractivity contribution in [3.63, 3.8) is 0 Å². The van der Waals surface area contributed by atoms with Crippen LogP contribution in [0.3, 0.4) is 0 Å². The van der Waals surface area contributed by atoms with Gasteiger partial charge in [-0.1, -0.05) is 23.2 Å². The highest BCUT2D eigenvalue weighted by atomic mass is 79.9. The molecule has 2 rings (SSSR count). The number of hydrogen-bond donors (Lipinski definition) is 2. The Balaban J connectivity index is 2.20. The number of benzene rings is 1. The summed E-state index contributed by atoms with van der Waals surface area (Å²) in [4.78, 5) is 15.9. The molecule has 0 unspecified atom stereocenters. The lowest BCUT2D eigenvalue weighted by atomic mass is 10.2. The Kier molecular flexibility index (Phi) is 4.29. The summed E-state index contributed by atoms with van der Waals surface area (Å²) in [6.45, 7) is 0. The molecule has 98 valence electrons. The molecule has 0 fully saturated rings. The van der Waals surface area contributed by atoms with E-state index in [1.54, 1.807) is 18.2 Å². The van der Waals surface area contributed by atoms with Crippen LogP contribution < -0.4 is 11.1 Å². The number of hydrogen-bond acceptors (Lipinski definition) is 3. The average Bonchev–Trinajstić information content (AvgIpc) is 2.37. The quantitative estimate of drug-likeness (QED) is 0.628. The Hall–Kier alpha value is -1.30. The maximum atomic E-state index is 12.0. The molecule has 0 saturated carbocycles. The van der Waals surface area contributed by atoms with Crippen LogP contribution in [0.15, 0.2) is 34.9 Å². The Morgan fingerprint density at radius 3 is 2.68 bits per heavy atom. The summed E-state index contributed by atoms with van der Waals surface area (Å²) in [5.41, 5.74) is 6.94. The van der Waals surface area contributed by atoms with Crippen molar-refractivity contribution < 1.29 is 4.79 Å². The van der Waals surface area contributed by atoms with Crippen molar-refractivity contribution >= 4 is 56.4 Å². The molecule has 19 heavy (non-hydrogen) atoms. The van der Waals surface area contributed by atoms with Crippen molar-refractivity contribution in [2.75, 3.05) is 11.1 Å². The largest absolute Gasteiger partial charge is 0.398 e. The zero-order valence-corrected chi connectivity index (χ0v) is 12.6. The van der Waals surface area contributed by atoms with E-state index < -0.39 is 0 Å². The van der Waals surface area contributed by atoms with Crippen molar-refractivity contribution in [1.29, 1.82) is 0 Å². The third-order valence-electron chi connectivity index (χ3n) is 2.32. The minimum Gasteiger partial charge on any atom is -0.398 e. The van der Waals surface area contributed by atoms with Gasteiger partial charge in [0.25, 0.3) is 5.91 Å². The first-order valence-electron chi connectivity index (χ1n) is 5.15. The molecule has 0 aliphatic carbocycles. The number of carbonyl (C=O) groups excluding carboxylic acids is 1. The van der Waals surface area contributed by atoms with Crippen LogP contribution in [0.1, 0.15) is 10.4 Å². The fraction of sp³-hybridized carbons (Fsp3) is 0. The normalized spacial score (nSPS) is 10.3. The summed E-state index contributed by atoms with van der Waals surface area (Å²) in [6, 6.07) is 6.33. The first-order chi connectivity index (χ1) is 8.97. The molecular weight excluding hydrogens is 353 g/mol. The summed E-state index contributed by atoms with van der Waals surface area (Å²) >= 11 is 14.9. The van der Waals surface area contributed by atoms with Crippen LogP contribution in [-0.4, -0.2) is 10.9 Å². The molecule has 2 aromatic rings. The van der Waals surface area contributed by atoms with Gasteiger partial charge in [0.2, 0.25) is 0 Å². The highest BCUT2D eigenvalue weighted by Crippen LogP contribution is 2.24. The van der Waals surface area contributed by atoms with Gasteiger partial charge in [0, 0.05) is 5.56 Å². The Morgan fingerprint density at radius 1 is 1.32 bits per heavy atom. The van der Waals surface area contributed by atoms with Gasteiger partial charge in [-0.2, -0.15) is 0 Å². The molecule has 7 heteroatoms. The molecular formula is C12H8BrCl2N3O. The fourth-order valence-electron chi connectivity index (χ4n) is 1.36. The van der Waals surface area contributed by atoms with E-state index in [2.05, 4.69) is 26.2 Å². The molecule has 0 radical (unpaired) electrons. The number of halogens is 3. The topological polar surface area (TPSA) is 68.0 Å². The average molecular weight is 361 g/mol. The van der Waals surface area contributed by atoms with E-state index in [0.717, 1.165) is 0 Å². The van der Waals surface area contributed by atoms with E-state index >= 15 is 0 Å². The number of carbonyl (C=O) groups is 1. The zero-order valence-electron chi connectivity index (χ0n) is 9.45. The van der Waals surface area contributed by atoms with Crippen molar-refractivity contribution in [3.05, 3.63) is 50.7 Å². The Morgan fingerprint density at radius 2 is 2.05 bits per heavy atom. The van der Waals surface area contributed by atoms with Gasteiger partial charge in [-0.15, -0.1) is 0 Å². The highest BCUT2D eigenvalue weighted by molar-refractivity contribution is 9.10. The second-order valence-electron chi connectivity index (χ2n) is 3.69. The molecule has 1 aromatic carbocycles. The highest BCUT2D eigenvalue weighted by Gasteiger charge is 2.09. The predicted octanol–water partition coefficient (Wildman–Crippen LogP) is 3.99. The van der Waals surface area contributed by atoms with Gasteiger partial charge < -0.3 is 11.1 Å². The number of nitrogens with one attached hydrogen (secondary N) is 1. The molecule has 1 aromatic heterocycles. The maximum Gasteiger partial charge on any atom is 0.255 e. The molecule has 0 bridgehead atoms. The van der Waals surface area contributed by atoms with Crippen molar-refractivity contribution in [2.45, 2.75) is 0 Å². The van der Waals surface area contributed by atoms with E-state index in [1.165, 1.54) is 12.3 Å². The number of nitrogens with zero attached hydrogens (tertiary/aromatic N) is 1. The fourth-order valence-corrected chi connectivity index (χ4v) is 1.99. The van der Waals surface area contributed by atoms with Crippen molar-refractivity contribution in [2.24, 2.45) is 0 Å². The smallest absolute Gasteiger partial charge is 0.255 e. The number of amides is 1. The van der Waals surface area contributed by atoms with Crippen LogP contribution in [0.4, 0.5) is 11.4 Å². The van der Waals surface area contributed by atoms with E-state index in [9.17, 15) is 4.79 Å². The second-order valence-corrected chi connectivity index (χ2v) is 5.31. The molecule has 1 amide bonds. The molecule has 0 saturated heterocycles. The van der Waals surface area contributed by atoms with Crippen LogP contribution in [0.25, 0.3) is 0 Å². The number of nitrogen functional groups attached to an aromatic ring is 1. The van der Waals surface area contributed by atoms with E-state index in [0.29, 0.717) is 31.6 Å². The van der Waals surface area contributed by atoms with Gasteiger partial charge in [-0.05, 0) is 40.2 Å². The molecule has 0 atom stereocenters. The molecule has 0 aliphatic heterocycles. The first-order valence-corrected chi connectivity index (χ1v) is 6.69. The minimum atomic E-state index is -0.307. The number of nitrogens with two attached hydrogens (primary N) is 1. The monoisotopic (exact) mass is 359 g/mol. The SMILES string of the molecule is Nc1ccc(C(=O)Nc2cnc(Cl)c(Br)c2)cc1Cl. The maximum absolute atomic E-state index is 12.0. The standard InChI is InChI=1S/C12H8BrCl2N3O/c13-8-4-7(5-17-11(8)15)18-12(19)6-1-2-10(16)9(14)3-6/h1-5H,16H2,(H,18,19). The third-order valence-corrected chi connectivity index (χ3v) is 3.78. The molecule has 0 spiro atoms. The molecule has 1 heterocycles. The summed E-state index contributed by atoms with van der Waals surface area (Å²) in [7, 11) is 0. The van der Waals surface area contributed by atoms with E-state index in [-0.39, 0.29) is 5.91 Å². The van der Waals surface area contributed by atoms with Gasteiger partial charge in [-0.3, -0.25) is 4.79 Å². The summed E-state index contributed by atoms with van der Waals surface area (Å²) in [5, 5.41) is 3.35. The summed E-state index contributed by atoms with van der Waals surface area (Å²) < 4.78 is 0.599. The first kappa shape index (κ1) is 14.1. The number of aromatic nitrogens is 1. The van der Waals surface area contributed by atoms with Gasteiger partial charge in [0.15, 0.2) is 0 Å². The van der Waals surface area contributed by atoms with Crippen LogP contribution in [-0.2, 0) is 0 Å². The number of pyridine rings is 1. The van der Waals surface area contributed by atoms with Gasteiger partial charge >= 0.3 is 0 Å². The van der Waals surface area contributed by atoms with Crippen LogP contribution >= 0.6 is 39.1 Å². The number of rotatable bonds is 2. The second kappa shape index (κ2) is 5.77. The Bertz CT molecular complexity index is 649. The molecule has 3 N–H and O–H groups in total. The third kappa shape index (κ3) is 3.37. The van der Waals surface area contributed by atoms with Gasteiger partial charge in [-0.25, -0.2) is 4.98 Å². The Labute approximate surface area is 128 Å². The lowest BCUT2D eigenvalue weighted by molar-refractivity contribution is 0.102. The van der Waals surface area contributed by atoms with Crippen LogP contribution in [0.2, 0.25) is 10.2 Å². The van der Waals surface area contributed by atoms with Crippen LogP contribution in [0.5, 0.6) is 0 Å². The van der Waals surface area contributed by atoms with E-state index in [1.807, 2.05) is 0 Å². The van der Waals surface area contributed by atoms with Gasteiger partial charge in [0.05, 0.1) is 27.1 Å². The zero-order chi connectivity index (χ0) is 14.0. The minimum absolute atomic E-state index is 0.307. The van der Waals surface area contributed by atoms with E-state index in [4.69, 9.17) is 28.9 Å². The summed E-state index contributed by atoms with van der Waals surface area (Å²) in [6.07, 6.45) is 1.46. The van der Waals surface area contributed by atoms with Gasteiger partial charge in [0.1, 0.15) is 5.15 Å².